The highest BCUT2D eigenvalue weighted by Crippen LogP contribution is 2.59. The monoisotopic (exact) mass is 226 g/mol. The molecule has 0 N–H and O–H groups in total. The Labute approximate surface area is 78.3 Å². The lowest BCUT2D eigenvalue weighted by molar-refractivity contribution is 0.441. The Morgan fingerprint density at radius 2 is 1.56 bits per heavy atom. The van der Waals surface area contributed by atoms with Gasteiger partial charge >= 0.3 is 0 Å². The second-order valence-electron chi connectivity index (χ2n) is 2.00. The maximum atomic E-state index is 5.62. The van der Waals surface area contributed by atoms with E-state index in [9.17, 15) is 0 Å². The number of hydrogen-bond acceptors (Lipinski definition) is 0. The molecule has 0 aliphatic heterocycles. The molecule has 0 saturated heterocycles. The van der Waals surface area contributed by atoms with Crippen LogP contribution in [0.15, 0.2) is 0 Å². The molecule has 1 unspecified atom stereocenters. The van der Waals surface area contributed by atoms with Crippen LogP contribution in [0.4, 0.5) is 0 Å². The molecule has 0 radical (unpaired) electrons. The smallest absolute Gasteiger partial charge is 0.119 e. The van der Waals surface area contributed by atoms with Crippen LogP contribution in [0, 0.1) is 0 Å². The number of alkyl halides is 5. The van der Waals surface area contributed by atoms with Gasteiger partial charge in [-0.3, -0.25) is 0 Å². The summed E-state index contributed by atoms with van der Waals surface area (Å²) >= 11 is 28.0. The van der Waals surface area contributed by atoms with Crippen LogP contribution in [0.1, 0.15) is 6.42 Å². The molecule has 1 aliphatic carbocycles. The molecule has 1 fully saturated rings. The largest absolute Gasteiger partial charge is 0.167 e. The van der Waals surface area contributed by atoms with Crippen molar-refractivity contribution in [1.29, 1.82) is 0 Å². The van der Waals surface area contributed by atoms with Crippen LogP contribution in [-0.2, 0) is 0 Å². The number of rotatable bonds is 0. The first-order valence-corrected chi connectivity index (χ1v) is 4.22. The van der Waals surface area contributed by atoms with Crippen molar-refractivity contribution in [2.75, 3.05) is 0 Å². The van der Waals surface area contributed by atoms with Crippen molar-refractivity contribution in [2.24, 2.45) is 0 Å². The highest BCUT2D eigenvalue weighted by atomic mass is 35.5. The van der Waals surface area contributed by atoms with Crippen molar-refractivity contribution < 1.29 is 0 Å². The summed E-state index contributed by atoms with van der Waals surface area (Å²) in [6.07, 6.45) is 0.435. The van der Waals surface area contributed by atoms with Gasteiger partial charge in [0.05, 0.1) is 5.38 Å². The van der Waals surface area contributed by atoms with Crippen LogP contribution in [0.5, 0.6) is 0 Å². The Balaban J connectivity index is 2.70. The van der Waals surface area contributed by atoms with Crippen molar-refractivity contribution in [3.8, 4) is 0 Å². The number of hydrogen-bond donors (Lipinski definition) is 0. The average molecular weight is 228 g/mol. The molecule has 0 aromatic heterocycles. The Hall–Kier alpha value is 1.45. The number of halogens is 5. The van der Waals surface area contributed by atoms with Gasteiger partial charge in [-0.2, -0.15) is 0 Å². The topological polar surface area (TPSA) is 0 Å². The third-order valence-electron chi connectivity index (χ3n) is 1.32. The highest BCUT2D eigenvalue weighted by molar-refractivity contribution is 6.66. The Bertz CT molecular complexity index is 129. The molecule has 1 aliphatic rings. The van der Waals surface area contributed by atoms with Crippen molar-refractivity contribution in [3.63, 3.8) is 0 Å². The molecule has 0 nitrogen and oxygen atoms in total. The predicted molar refractivity (Wildman–Crippen MR) is 43.1 cm³/mol. The van der Waals surface area contributed by atoms with Gasteiger partial charge in [0.25, 0.3) is 0 Å². The Kier molecular flexibility index (Phi) is 2.10. The van der Waals surface area contributed by atoms with E-state index < -0.39 is 8.67 Å². The second-order valence-corrected chi connectivity index (χ2v) is 5.40. The summed E-state index contributed by atoms with van der Waals surface area (Å²) < 4.78 is -2.25. The first-order valence-electron chi connectivity index (χ1n) is 2.27. The van der Waals surface area contributed by atoms with Gasteiger partial charge in [-0.25, -0.2) is 0 Å². The van der Waals surface area contributed by atoms with Gasteiger partial charge in [-0.05, 0) is 0 Å². The fourth-order valence-corrected chi connectivity index (χ4v) is 2.16. The molecule has 0 aromatic rings. The van der Waals surface area contributed by atoms with Gasteiger partial charge in [0.2, 0.25) is 0 Å². The molecule has 9 heavy (non-hydrogen) atoms. The third kappa shape index (κ3) is 1.14. The van der Waals surface area contributed by atoms with Crippen molar-refractivity contribution in [3.05, 3.63) is 0 Å². The lowest BCUT2D eigenvalue weighted by Crippen LogP contribution is -2.56. The van der Waals surface area contributed by atoms with Crippen LogP contribution < -0.4 is 0 Å². The van der Waals surface area contributed by atoms with Crippen LogP contribution in [0.3, 0.4) is 0 Å². The maximum Gasteiger partial charge on any atom is 0.167 e. The summed E-state index contributed by atoms with van der Waals surface area (Å²) in [7, 11) is 0. The van der Waals surface area contributed by atoms with Crippen molar-refractivity contribution >= 4 is 58.0 Å². The van der Waals surface area contributed by atoms with Gasteiger partial charge in [-0.15, -0.1) is 11.6 Å². The highest BCUT2D eigenvalue weighted by Gasteiger charge is 2.62. The van der Waals surface area contributed by atoms with Crippen LogP contribution in [0.25, 0.3) is 0 Å². The van der Waals surface area contributed by atoms with Gasteiger partial charge < -0.3 is 0 Å². The van der Waals surface area contributed by atoms with Crippen LogP contribution in [0.2, 0.25) is 0 Å². The third-order valence-corrected chi connectivity index (χ3v) is 4.49. The average Bonchev–Trinajstić information content (AvgIpc) is 1.65. The SMILES string of the molecule is ClC1CC(Cl)(Cl)C1(Cl)Cl. The zero-order valence-corrected chi connectivity index (χ0v) is 7.95. The molecule has 0 spiro atoms. The summed E-state index contributed by atoms with van der Waals surface area (Å²) in [4.78, 5) is 0. The first kappa shape index (κ1) is 8.55. The molecule has 1 rings (SSSR count). The minimum atomic E-state index is -1.18. The molecule has 5 heteroatoms. The van der Waals surface area contributed by atoms with E-state index >= 15 is 0 Å². The second kappa shape index (κ2) is 2.22. The quantitative estimate of drug-likeness (QED) is 0.558. The molecule has 0 heterocycles. The zero-order valence-electron chi connectivity index (χ0n) is 4.17. The molecule has 0 bridgehead atoms. The standard InChI is InChI=1S/C4H3Cl5/c5-2-1-3(6,7)4(2,8)9/h2H,1H2. The molecular formula is C4H3Cl5. The van der Waals surface area contributed by atoms with Gasteiger partial charge in [0.15, 0.2) is 8.67 Å². The molecule has 0 aromatic carbocycles. The van der Waals surface area contributed by atoms with Crippen molar-refractivity contribution in [2.45, 2.75) is 20.5 Å². The van der Waals surface area contributed by atoms with E-state index in [4.69, 9.17) is 58.0 Å². The summed E-state index contributed by atoms with van der Waals surface area (Å²) in [5.41, 5.74) is 0. The lowest BCUT2D eigenvalue weighted by Gasteiger charge is -2.46. The molecule has 1 atom stereocenters. The van der Waals surface area contributed by atoms with E-state index in [0.29, 0.717) is 6.42 Å². The van der Waals surface area contributed by atoms with E-state index in [-0.39, 0.29) is 5.38 Å². The van der Waals surface area contributed by atoms with Gasteiger partial charge in [0, 0.05) is 6.42 Å². The van der Waals surface area contributed by atoms with E-state index in [1.54, 1.807) is 0 Å². The normalized spacial score (nSPS) is 37.7. The minimum Gasteiger partial charge on any atom is -0.119 e. The zero-order chi connectivity index (χ0) is 7.28. The summed E-state index contributed by atoms with van der Waals surface area (Å²) in [6.45, 7) is 0. The van der Waals surface area contributed by atoms with E-state index in [1.165, 1.54) is 0 Å². The van der Waals surface area contributed by atoms with Crippen LogP contribution in [-0.4, -0.2) is 14.0 Å². The van der Waals surface area contributed by atoms with Gasteiger partial charge in [-0.1, -0.05) is 46.4 Å². The van der Waals surface area contributed by atoms with Crippen LogP contribution >= 0.6 is 58.0 Å². The molecule has 0 amide bonds. The van der Waals surface area contributed by atoms with E-state index in [1.807, 2.05) is 0 Å². The first-order chi connectivity index (χ1) is 3.88. The Morgan fingerprint density at radius 3 is 1.56 bits per heavy atom. The summed E-state index contributed by atoms with van der Waals surface area (Å²) in [5.74, 6) is 0. The Morgan fingerprint density at radius 1 is 1.11 bits per heavy atom. The molecule has 54 valence electrons. The minimum absolute atomic E-state index is 0.337. The fraction of sp³-hybridized carbons (Fsp3) is 1.00. The van der Waals surface area contributed by atoms with Crippen molar-refractivity contribution in [1.82, 2.24) is 0 Å². The fourth-order valence-electron chi connectivity index (χ4n) is 0.587. The predicted octanol–water partition coefficient (Wildman–Crippen LogP) is 3.35. The van der Waals surface area contributed by atoms with Gasteiger partial charge in [0.1, 0.15) is 0 Å². The molecule has 1 saturated carbocycles. The van der Waals surface area contributed by atoms with E-state index in [0.717, 1.165) is 0 Å². The summed E-state index contributed by atoms with van der Waals surface area (Å²) in [6, 6.07) is 0. The lowest BCUT2D eigenvalue weighted by atomic mass is 9.96. The summed E-state index contributed by atoms with van der Waals surface area (Å²) in [5, 5.41) is -0.337. The maximum absolute atomic E-state index is 5.62. The molecular weight excluding hydrogens is 225 g/mol. The van der Waals surface area contributed by atoms with E-state index in [2.05, 4.69) is 0 Å².